The third-order valence-corrected chi connectivity index (χ3v) is 5.46. The number of benzene rings is 1. The summed E-state index contributed by atoms with van der Waals surface area (Å²) >= 11 is 0. The summed E-state index contributed by atoms with van der Waals surface area (Å²) < 4.78 is 47.3. The van der Waals surface area contributed by atoms with Gasteiger partial charge in [-0.1, -0.05) is 12.1 Å². The fourth-order valence-corrected chi connectivity index (χ4v) is 3.73. The molecule has 1 atom stereocenters. The Labute approximate surface area is 188 Å². The molecule has 1 saturated carbocycles. The van der Waals surface area contributed by atoms with Gasteiger partial charge in [-0.15, -0.1) is 0 Å². The van der Waals surface area contributed by atoms with Gasteiger partial charge >= 0.3 is 12.1 Å². The first kappa shape index (κ1) is 24.7. The summed E-state index contributed by atoms with van der Waals surface area (Å²) in [4.78, 5) is 23.1. The number of aliphatic carboxylic acids is 1. The highest BCUT2D eigenvalue weighted by atomic mass is 19.4. The monoisotopic (exact) mass is 470 g/mol. The first-order valence-electron chi connectivity index (χ1n) is 10.7. The molecule has 1 amide bonds. The van der Waals surface area contributed by atoms with Crippen LogP contribution in [0, 0.1) is 11.7 Å². The molecule has 0 radical (unpaired) electrons. The van der Waals surface area contributed by atoms with Gasteiger partial charge in [-0.3, -0.25) is 14.4 Å². The number of nitrogens with one attached hydrogen (secondary N) is 1. The summed E-state index contributed by atoms with van der Waals surface area (Å²) in [6, 6.07) is 9.05. The van der Waals surface area contributed by atoms with Crippen LogP contribution < -0.4 is 5.32 Å². The Morgan fingerprint density at radius 3 is 2.58 bits per heavy atom. The molecular weight excluding hydrogens is 444 g/mol. The van der Waals surface area contributed by atoms with Crippen LogP contribution in [0.1, 0.15) is 43.0 Å². The number of fused-ring (bicyclic) bond motifs is 1. The van der Waals surface area contributed by atoms with E-state index in [2.05, 4.69) is 20.0 Å². The Bertz CT molecular complexity index is 959. The molecule has 7 nitrogen and oxygen atoms in total. The molecule has 1 aliphatic heterocycles. The van der Waals surface area contributed by atoms with Gasteiger partial charge in [0.15, 0.2) is 0 Å². The van der Waals surface area contributed by atoms with Crippen molar-refractivity contribution in [2.45, 2.75) is 51.0 Å². The summed E-state index contributed by atoms with van der Waals surface area (Å²) in [7, 11) is 0. The number of carboxylic acids is 1. The molecule has 1 aromatic heterocycles. The zero-order valence-electron chi connectivity index (χ0n) is 17.9. The topological polar surface area (TPSA) is 87.5 Å². The van der Waals surface area contributed by atoms with Crippen molar-refractivity contribution < 1.29 is 32.3 Å². The first-order chi connectivity index (χ1) is 15.6. The number of carboxylic acid groups (broad SMARTS) is 1. The van der Waals surface area contributed by atoms with Crippen LogP contribution >= 0.6 is 0 Å². The first-order valence-corrected chi connectivity index (χ1v) is 10.7. The van der Waals surface area contributed by atoms with Crippen LogP contribution in [0.3, 0.4) is 0 Å². The predicted molar refractivity (Wildman–Crippen MR) is 110 cm³/mol. The maximum absolute atomic E-state index is 13.5. The summed E-state index contributed by atoms with van der Waals surface area (Å²) in [5, 5.41) is 14.6. The number of hydrogen-bond donors (Lipinski definition) is 2. The second kappa shape index (κ2) is 10.8. The van der Waals surface area contributed by atoms with Crippen molar-refractivity contribution in [1.29, 1.82) is 0 Å². The van der Waals surface area contributed by atoms with Crippen molar-refractivity contribution in [1.82, 2.24) is 20.0 Å². The standard InChI is InChI=1S/C20H25FN4O.C2HF3O2/c21-17-3-1-2-16(10-17)12-24-13-18(25-19(14-24)7-9-23-25)6-8-22-20(26)11-15-4-5-15;3-2(4,5)1(6)7/h1-3,7,9-10,15,18H,4-6,8,11-14H2,(H,22,26);(H,6,7). The zero-order valence-corrected chi connectivity index (χ0v) is 17.9. The molecule has 2 heterocycles. The Morgan fingerprint density at radius 1 is 1.21 bits per heavy atom. The van der Waals surface area contributed by atoms with Crippen LogP contribution in [0.2, 0.25) is 0 Å². The molecule has 11 heteroatoms. The molecule has 1 unspecified atom stereocenters. The normalized spacial score (nSPS) is 18.1. The molecule has 2 aliphatic rings. The number of alkyl halides is 3. The van der Waals surface area contributed by atoms with E-state index in [1.54, 1.807) is 12.1 Å². The van der Waals surface area contributed by atoms with Gasteiger partial charge in [0.05, 0.1) is 11.7 Å². The second-order valence-corrected chi connectivity index (χ2v) is 8.31. The molecule has 1 aromatic carbocycles. The van der Waals surface area contributed by atoms with E-state index in [9.17, 15) is 22.4 Å². The Hall–Kier alpha value is -2.95. The summed E-state index contributed by atoms with van der Waals surface area (Å²) in [5.41, 5.74) is 2.15. The number of halogens is 4. The van der Waals surface area contributed by atoms with Gasteiger partial charge in [-0.2, -0.15) is 18.3 Å². The lowest BCUT2D eigenvalue weighted by Crippen LogP contribution is -2.39. The predicted octanol–water partition coefficient (Wildman–Crippen LogP) is 3.52. The number of amides is 1. The van der Waals surface area contributed by atoms with Crippen molar-refractivity contribution in [2.75, 3.05) is 13.1 Å². The van der Waals surface area contributed by atoms with Crippen LogP contribution in [-0.4, -0.2) is 50.9 Å². The molecular formula is C22H26F4N4O3. The average Bonchev–Trinajstić information content (AvgIpc) is 3.40. The fraction of sp³-hybridized carbons (Fsp3) is 0.500. The van der Waals surface area contributed by atoms with Crippen LogP contribution in [-0.2, 0) is 22.7 Å². The van der Waals surface area contributed by atoms with Crippen molar-refractivity contribution >= 4 is 11.9 Å². The number of carbonyl (C=O) groups excluding carboxylic acids is 1. The number of rotatable bonds is 7. The van der Waals surface area contributed by atoms with Crippen LogP contribution in [0.25, 0.3) is 0 Å². The van der Waals surface area contributed by atoms with E-state index < -0.39 is 12.1 Å². The molecule has 1 aliphatic carbocycles. The summed E-state index contributed by atoms with van der Waals surface area (Å²) in [5.74, 6) is -2.17. The Morgan fingerprint density at radius 2 is 1.94 bits per heavy atom. The van der Waals surface area contributed by atoms with Crippen molar-refractivity contribution in [2.24, 2.45) is 5.92 Å². The van der Waals surface area contributed by atoms with Gasteiger partial charge in [0.1, 0.15) is 5.82 Å². The molecule has 180 valence electrons. The lowest BCUT2D eigenvalue weighted by Gasteiger charge is -2.34. The molecule has 2 aromatic rings. The minimum Gasteiger partial charge on any atom is -0.475 e. The largest absolute Gasteiger partial charge is 0.490 e. The van der Waals surface area contributed by atoms with Gasteiger partial charge in [-0.25, -0.2) is 9.18 Å². The SMILES string of the molecule is O=C(CC1CC1)NCCC1CN(Cc2cccc(F)c2)Cc2ccnn21.O=C(O)C(F)(F)F. The van der Waals surface area contributed by atoms with Crippen molar-refractivity contribution in [3.05, 3.63) is 53.6 Å². The number of nitrogens with zero attached hydrogens (tertiary/aromatic N) is 3. The van der Waals surface area contributed by atoms with E-state index in [0.717, 1.165) is 25.1 Å². The zero-order chi connectivity index (χ0) is 24.0. The molecule has 1 fully saturated rings. The van der Waals surface area contributed by atoms with E-state index in [1.165, 1.54) is 24.6 Å². The van der Waals surface area contributed by atoms with Crippen LogP contribution in [0.15, 0.2) is 36.5 Å². The highest BCUT2D eigenvalue weighted by molar-refractivity contribution is 5.76. The molecule has 0 saturated heterocycles. The highest BCUT2D eigenvalue weighted by Crippen LogP contribution is 2.32. The Balaban J connectivity index is 0.000000383. The molecule has 0 bridgehead atoms. The van der Waals surface area contributed by atoms with Crippen molar-refractivity contribution in [3.8, 4) is 0 Å². The van der Waals surface area contributed by atoms with E-state index in [4.69, 9.17) is 9.90 Å². The minimum absolute atomic E-state index is 0.167. The van der Waals surface area contributed by atoms with E-state index in [-0.39, 0.29) is 17.8 Å². The van der Waals surface area contributed by atoms with Gasteiger partial charge in [0.2, 0.25) is 5.91 Å². The number of aromatic nitrogens is 2. The average molecular weight is 470 g/mol. The summed E-state index contributed by atoms with van der Waals surface area (Å²) in [6.07, 6.45) is 0.664. The van der Waals surface area contributed by atoms with E-state index >= 15 is 0 Å². The molecule has 0 spiro atoms. The van der Waals surface area contributed by atoms with Gasteiger partial charge in [0.25, 0.3) is 0 Å². The molecule has 33 heavy (non-hydrogen) atoms. The quantitative estimate of drug-likeness (QED) is 0.605. The smallest absolute Gasteiger partial charge is 0.475 e. The Kier molecular flexibility index (Phi) is 8.06. The second-order valence-electron chi connectivity index (χ2n) is 8.31. The van der Waals surface area contributed by atoms with Gasteiger partial charge in [0, 0.05) is 38.8 Å². The maximum Gasteiger partial charge on any atom is 0.490 e. The lowest BCUT2D eigenvalue weighted by atomic mass is 10.1. The highest BCUT2D eigenvalue weighted by Gasteiger charge is 2.38. The number of carbonyl (C=O) groups is 2. The maximum atomic E-state index is 13.5. The third kappa shape index (κ3) is 7.85. The van der Waals surface area contributed by atoms with Gasteiger partial charge < -0.3 is 10.4 Å². The van der Waals surface area contributed by atoms with Crippen LogP contribution in [0.4, 0.5) is 17.6 Å². The van der Waals surface area contributed by atoms with E-state index in [1.807, 2.05) is 18.3 Å². The molecule has 4 rings (SSSR count). The van der Waals surface area contributed by atoms with E-state index in [0.29, 0.717) is 25.4 Å². The fourth-order valence-electron chi connectivity index (χ4n) is 3.73. The van der Waals surface area contributed by atoms with Crippen molar-refractivity contribution in [3.63, 3.8) is 0 Å². The van der Waals surface area contributed by atoms with Gasteiger partial charge in [-0.05, 0) is 48.9 Å². The van der Waals surface area contributed by atoms with Crippen LogP contribution in [0.5, 0.6) is 0 Å². The molecule has 2 N–H and O–H groups in total. The lowest BCUT2D eigenvalue weighted by molar-refractivity contribution is -0.192. The third-order valence-electron chi connectivity index (χ3n) is 5.46. The minimum atomic E-state index is -5.08. The summed E-state index contributed by atoms with van der Waals surface area (Å²) in [6.45, 7) is 3.04. The number of hydrogen-bond acceptors (Lipinski definition) is 4.